The Bertz CT molecular complexity index is 1660. The molecule has 3 aliphatic rings. The maximum atomic E-state index is 13.6. The number of carbonyl (C=O) groups excluding carboxylic acids is 2. The average molecular weight is 1210 g/mol. The highest BCUT2D eigenvalue weighted by molar-refractivity contribution is 6.05. The third-order valence-corrected chi connectivity index (χ3v) is 17.1. The van der Waals surface area contributed by atoms with E-state index in [2.05, 4.69) is 19.2 Å². The molecule has 0 radical (unpaired) electrons. The fourth-order valence-corrected chi connectivity index (χ4v) is 11.5. The molecule has 20 atom stereocenters. The Kier molecular flexibility index (Phi) is 40.8. The second kappa shape index (κ2) is 44.8. The van der Waals surface area contributed by atoms with Crippen molar-refractivity contribution in [3.05, 3.63) is 0 Å². The SMILES string of the molecule is CCCCCCCCCCCCCCCCCCCCCCC(O)C(=O)C(O)C(=O)NC(COC1OC(CO)C(OC2OC(CO)C(O)C(O)C2O)C(OC2OC(C)C(O)C(O)C2O)C1O)C(O)C(O)CCCCCCCCCCCCCC. The van der Waals surface area contributed by atoms with Gasteiger partial charge in [-0.3, -0.25) is 9.59 Å². The Morgan fingerprint density at radius 2 is 0.821 bits per heavy atom. The summed E-state index contributed by atoms with van der Waals surface area (Å²) < 4.78 is 34.9. The lowest BCUT2D eigenvalue weighted by atomic mass is 9.96. The van der Waals surface area contributed by atoms with E-state index < -0.39 is 154 Å². The first-order chi connectivity index (χ1) is 40.4. The molecule has 0 spiro atoms. The van der Waals surface area contributed by atoms with Crippen LogP contribution >= 0.6 is 0 Å². The van der Waals surface area contributed by atoms with Gasteiger partial charge in [-0.15, -0.1) is 0 Å². The molecule has 14 N–H and O–H groups in total. The van der Waals surface area contributed by atoms with Crippen molar-refractivity contribution in [1.29, 1.82) is 0 Å². The van der Waals surface area contributed by atoms with Gasteiger partial charge in [-0.05, 0) is 19.8 Å². The van der Waals surface area contributed by atoms with Gasteiger partial charge in [0, 0.05) is 0 Å². The summed E-state index contributed by atoms with van der Waals surface area (Å²) >= 11 is 0. The minimum atomic E-state index is -2.39. The molecule has 84 heavy (non-hydrogen) atoms. The van der Waals surface area contributed by atoms with Crippen molar-refractivity contribution >= 4 is 11.7 Å². The number of rotatable bonds is 49. The number of ether oxygens (including phenoxy) is 6. The van der Waals surface area contributed by atoms with Crippen LogP contribution in [0.5, 0.6) is 0 Å². The minimum absolute atomic E-state index is 0.00367. The standard InChI is InChI=1S/C62H117NO21/c1-4-6-8-10-12-14-16-18-19-20-21-22-23-24-25-27-29-31-33-35-37-44(67)49(70)53(74)59(78)63-42(48(69)43(66)36-34-32-30-28-26-17-15-13-11-9-7-5-2)40-79-60-56(77)58(84-61-54(75)51(72)47(68)41(3)80-61)57(46(39-65)82-60)83-62-55(76)52(73)50(71)45(38-64)81-62/h41-48,50-58,60-62,64-69,71-77H,4-40H2,1-3H3,(H,63,78). The molecule has 22 nitrogen and oxygen atoms in total. The summed E-state index contributed by atoms with van der Waals surface area (Å²) in [7, 11) is 0. The van der Waals surface area contributed by atoms with E-state index in [0.717, 1.165) is 64.2 Å². The smallest absolute Gasteiger partial charge is 0.257 e. The number of nitrogens with one attached hydrogen (secondary N) is 1. The normalized spacial score (nSPS) is 30.2. The number of unbranched alkanes of at least 4 members (excludes halogenated alkanes) is 30. The number of hydrogen-bond donors (Lipinski definition) is 14. The summed E-state index contributed by atoms with van der Waals surface area (Å²) in [5.41, 5.74) is 0. The zero-order valence-electron chi connectivity index (χ0n) is 51.3. The van der Waals surface area contributed by atoms with Crippen molar-refractivity contribution < 1.29 is 104 Å². The Morgan fingerprint density at radius 1 is 0.440 bits per heavy atom. The number of carbonyl (C=O) groups is 2. The van der Waals surface area contributed by atoms with E-state index in [0.29, 0.717) is 12.8 Å². The van der Waals surface area contributed by atoms with Gasteiger partial charge in [0.15, 0.2) is 30.8 Å². The zero-order valence-corrected chi connectivity index (χ0v) is 51.3. The lowest BCUT2D eigenvalue weighted by molar-refractivity contribution is -0.386. The summed E-state index contributed by atoms with van der Waals surface area (Å²) in [6.45, 7) is 3.22. The number of ketones is 1. The molecule has 3 aliphatic heterocycles. The Hall–Kier alpha value is -1.62. The minimum Gasteiger partial charge on any atom is -0.394 e. The summed E-state index contributed by atoms with van der Waals surface area (Å²) in [6.07, 6.45) is 2.86. The largest absolute Gasteiger partial charge is 0.394 e. The average Bonchev–Trinajstić information content (AvgIpc) is 3.50. The third-order valence-electron chi connectivity index (χ3n) is 17.1. The summed E-state index contributed by atoms with van der Waals surface area (Å²) in [4.78, 5) is 26.9. The molecule has 0 aromatic carbocycles. The molecule has 0 aromatic rings. The van der Waals surface area contributed by atoms with Crippen molar-refractivity contribution in [2.45, 2.75) is 362 Å². The lowest BCUT2D eigenvalue weighted by Gasteiger charge is -2.49. The maximum absolute atomic E-state index is 13.6. The number of amides is 1. The van der Waals surface area contributed by atoms with Crippen molar-refractivity contribution in [3.63, 3.8) is 0 Å². The van der Waals surface area contributed by atoms with Crippen LogP contribution in [-0.2, 0) is 38.0 Å². The highest BCUT2D eigenvalue weighted by atomic mass is 16.8. The van der Waals surface area contributed by atoms with Crippen LogP contribution in [0, 0.1) is 0 Å². The van der Waals surface area contributed by atoms with Crippen molar-refractivity contribution in [2.75, 3.05) is 19.8 Å². The second-order valence-corrected chi connectivity index (χ2v) is 24.3. The molecule has 3 fully saturated rings. The molecule has 3 saturated heterocycles. The first-order valence-corrected chi connectivity index (χ1v) is 32.9. The number of aliphatic hydroxyl groups excluding tert-OH is 13. The zero-order chi connectivity index (χ0) is 61.8. The molecule has 0 bridgehead atoms. The summed E-state index contributed by atoms with van der Waals surface area (Å²) in [5, 5.41) is 143. The van der Waals surface area contributed by atoms with Crippen LogP contribution in [0.1, 0.15) is 239 Å². The molecule has 496 valence electrons. The fourth-order valence-electron chi connectivity index (χ4n) is 11.5. The highest BCUT2D eigenvalue weighted by Gasteiger charge is 2.54. The van der Waals surface area contributed by atoms with Gasteiger partial charge in [0.25, 0.3) is 5.91 Å². The van der Waals surface area contributed by atoms with Crippen molar-refractivity contribution in [2.24, 2.45) is 0 Å². The lowest BCUT2D eigenvalue weighted by Crippen LogP contribution is -2.67. The van der Waals surface area contributed by atoms with E-state index in [1.165, 1.54) is 135 Å². The molecule has 0 aliphatic carbocycles. The number of Topliss-reactive ketones (excluding diaryl/α,β-unsaturated/α-hetero) is 1. The molecule has 1 amide bonds. The van der Waals surface area contributed by atoms with E-state index >= 15 is 0 Å². The maximum Gasteiger partial charge on any atom is 0.257 e. The van der Waals surface area contributed by atoms with Gasteiger partial charge in [-0.25, -0.2) is 0 Å². The number of hydrogen-bond acceptors (Lipinski definition) is 21. The first-order valence-electron chi connectivity index (χ1n) is 32.9. The summed E-state index contributed by atoms with van der Waals surface area (Å²) in [5.74, 6) is -2.49. The molecule has 3 heterocycles. The van der Waals surface area contributed by atoms with E-state index in [-0.39, 0.29) is 12.8 Å². The molecule has 22 heteroatoms. The predicted molar refractivity (Wildman–Crippen MR) is 313 cm³/mol. The molecular formula is C62H117NO21. The van der Waals surface area contributed by atoms with Crippen LogP contribution in [0.25, 0.3) is 0 Å². The van der Waals surface area contributed by atoms with E-state index in [4.69, 9.17) is 28.4 Å². The molecule has 0 aromatic heterocycles. The monoisotopic (exact) mass is 1210 g/mol. The molecule has 0 saturated carbocycles. The third kappa shape index (κ3) is 27.6. The van der Waals surface area contributed by atoms with E-state index in [1.54, 1.807) is 0 Å². The van der Waals surface area contributed by atoms with Gasteiger partial charge < -0.3 is 100 Å². The van der Waals surface area contributed by atoms with Crippen LogP contribution < -0.4 is 5.32 Å². The van der Waals surface area contributed by atoms with Crippen molar-refractivity contribution in [3.8, 4) is 0 Å². The van der Waals surface area contributed by atoms with E-state index in [1.807, 2.05) is 0 Å². The number of aliphatic hydroxyl groups is 13. The van der Waals surface area contributed by atoms with Gasteiger partial charge >= 0.3 is 0 Å². The predicted octanol–water partition coefficient (Wildman–Crippen LogP) is 4.28. The summed E-state index contributed by atoms with van der Waals surface area (Å²) in [6, 6.07) is -1.62. The molecular weight excluding hydrogens is 1090 g/mol. The fraction of sp³-hybridized carbons (Fsp3) is 0.968. The quantitative estimate of drug-likeness (QED) is 0.0298. The molecule has 3 rings (SSSR count). The Morgan fingerprint density at radius 3 is 1.26 bits per heavy atom. The second-order valence-electron chi connectivity index (χ2n) is 24.3. The Labute approximate surface area is 501 Å². The first kappa shape index (κ1) is 76.6. The Balaban J connectivity index is 1.63. The van der Waals surface area contributed by atoms with Gasteiger partial charge in [0.1, 0.15) is 79.4 Å². The van der Waals surface area contributed by atoms with Crippen LogP contribution in [0.4, 0.5) is 0 Å². The van der Waals surface area contributed by atoms with Gasteiger partial charge in [0.2, 0.25) is 0 Å². The van der Waals surface area contributed by atoms with Gasteiger partial charge in [-0.2, -0.15) is 0 Å². The van der Waals surface area contributed by atoms with Gasteiger partial charge in [0.05, 0.1) is 38.1 Å². The van der Waals surface area contributed by atoms with Crippen LogP contribution in [0.15, 0.2) is 0 Å². The van der Waals surface area contributed by atoms with Crippen LogP contribution in [0.2, 0.25) is 0 Å². The highest BCUT2D eigenvalue weighted by Crippen LogP contribution is 2.34. The van der Waals surface area contributed by atoms with Crippen LogP contribution in [0.3, 0.4) is 0 Å². The topological polar surface area (TPSA) is 365 Å². The van der Waals surface area contributed by atoms with Crippen molar-refractivity contribution in [1.82, 2.24) is 5.32 Å². The molecule has 20 unspecified atom stereocenters. The van der Waals surface area contributed by atoms with E-state index in [9.17, 15) is 76.0 Å². The van der Waals surface area contributed by atoms with Gasteiger partial charge in [-0.1, -0.05) is 219 Å². The van der Waals surface area contributed by atoms with Crippen LogP contribution in [-0.4, -0.2) is 220 Å².